The number of carboxylic acid groups (broad SMARTS) is 1. The summed E-state index contributed by atoms with van der Waals surface area (Å²) in [6.45, 7) is -0.0770. The third-order valence-corrected chi connectivity index (χ3v) is 3.17. The van der Waals surface area contributed by atoms with Gasteiger partial charge in [0.25, 0.3) is 0 Å². The van der Waals surface area contributed by atoms with E-state index in [0.717, 1.165) is 12.1 Å². The van der Waals surface area contributed by atoms with E-state index in [0.29, 0.717) is 4.60 Å². The van der Waals surface area contributed by atoms with Crippen LogP contribution in [0.2, 0.25) is 0 Å². The Morgan fingerprint density at radius 1 is 1.33 bits per heavy atom. The minimum Gasteiger partial charge on any atom is -0.478 e. The fourth-order valence-corrected chi connectivity index (χ4v) is 2.04. The van der Waals surface area contributed by atoms with Crippen molar-refractivity contribution in [3.8, 4) is 0 Å². The molecule has 3 nitrogen and oxygen atoms in total. The Bertz CT molecular complexity index is 590. The first kappa shape index (κ1) is 12.8. The average Bonchev–Trinajstić information content (AvgIpc) is 2.66. The molecule has 6 heteroatoms. The number of hydrogen-bond donors (Lipinski definition) is 1. The van der Waals surface area contributed by atoms with Gasteiger partial charge in [0.2, 0.25) is 0 Å². The van der Waals surface area contributed by atoms with E-state index < -0.39 is 17.6 Å². The summed E-state index contributed by atoms with van der Waals surface area (Å²) in [6, 6.07) is 4.98. The fourth-order valence-electron chi connectivity index (χ4n) is 1.57. The maximum Gasteiger partial charge on any atom is 0.337 e. The molecule has 0 bridgehead atoms. The molecule has 0 amide bonds. The van der Waals surface area contributed by atoms with E-state index in [1.54, 1.807) is 0 Å². The molecule has 0 radical (unpaired) electrons. The molecule has 1 heterocycles. The predicted molar refractivity (Wildman–Crippen MR) is 64.6 cm³/mol. The van der Waals surface area contributed by atoms with Crippen LogP contribution < -0.4 is 0 Å². The maximum absolute atomic E-state index is 13.4. The number of nitrogens with zero attached hydrogens (tertiary/aromatic N) is 1. The van der Waals surface area contributed by atoms with E-state index in [9.17, 15) is 13.6 Å². The molecule has 0 spiro atoms. The van der Waals surface area contributed by atoms with Crippen molar-refractivity contribution in [2.24, 2.45) is 0 Å². The minimum absolute atomic E-state index is 0.0543. The molecule has 0 aliphatic heterocycles. The third kappa shape index (κ3) is 2.43. The molecule has 0 saturated carbocycles. The summed E-state index contributed by atoms with van der Waals surface area (Å²) >= 11 is 3.15. The van der Waals surface area contributed by atoms with Crippen LogP contribution in [0.4, 0.5) is 8.78 Å². The van der Waals surface area contributed by atoms with Crippen LogP contribution in [0.25, 0.3) is 0 Å². The first-order valence-corrected chi connectivity index (χ1v) is 5.80. The number of aromatic nitrogens is 1. The van der Waals surface area contributed by atoms with Crippen LogP contribution in [0.15, 0.2) is 35.1 Å². The molecule has 0 saturated heterocycles. The summed E-state index contributed by atoms with van der Waals surface area (Å²) in [6.07, 6.45) is 1.32. The molecule has 0 aliphatic rings. The van der Waals surface area contributed by atoms with Gasteiger partial charge < -0.3 is 9.67 Å². The van der Waals surface area contributed by atoms with Crippen LogP contribution in [0.5, 0.6) is 0 Å². The summed E-state index contributed by atoms with van der Waals surface area (Å²) in [5.41, 5.74) is -0.0515. The highest BCUT2D eigenvalue weighted by Gasteiger charge is 2.13. The van der Waals surface area contributed by atoms with Gasteiger partial charge in [-0.25, -0.2) is 13.6 Å². The van der Waals surface area contributed by atoms with Crippen LogP contribution in [0.3, 0.4) is 0 Å². The van der Waals surface area contributed by atoms with E-state index in [2.05, 4.69) is 15.9 Å². The molecule has 94 valence electrons. The molecule has 2 aromatic rings. The molecule has 2 rings (SSSR count). The van der Waals surface area contributed by atoms with Crippen LogP contribution in [-0.4, -0.2) is 15.6 Å². The quantitative estimate of drug-likeness (QED) is 0.944. The number of carbonyl (C=O) groups is 1. The van der Waals surface area contributed by atoms with Crippen LogP contribution in [0.1, 0.15) is 15.9 Å². The molecule has 0 unspecified atom stereocenters. The predicted octanol–water partition coefficient (Wildman–Crippen LogP) is 3.28. The molecule has 1 N–H and O–H groups in total. The van der Waals surface area contributed by atoms with Gasteiger partial charge in [-0.3, -0.25) is 0 Å². The first-order valence-electron chi connectivity index (χ1n) is 5.01. The number of hydrogen-bond acceptors (Lipinski definition) is 1. The highest BCUT2D eigenvalue weighted by atomic mass is 79.9. The largest absolute Gasteiger partial charge is 0.478 e. The number of aromatic carboxylic acids is 1. The van der Waals surface area contributed by atoms with Gasteiger partial charge >= 0.3 is 5.97 Å². The molecule has 1 aromatic heterocycles. The lowest BCUT2D eigenvalue weighted by atomic mass is 10.2. The molecular formula is C12H8BrF2NO2. The highest BCUT2D eigenvalue weighted by molar-refractivity contribution is 9.10. The second-order valence-corrected chi connectivity index (χ2v) is 4.50. The zero-order valence-electron chi connectivity index (χ0n) is 9.03. The Labute approximate surface area is 110 Å². The lowest BCUT2D eigenvalue weighted by molar-refractivity contribution is 0.0697. The molecular weight excluding hydrogens is 308 g/mol. The van der Waals surface area contributed by atoms with E-state index in [1.807, 2.05) is 0 Å². The Balaban J connectivity index is 2.37. The van der Waals surface area contributed by atoms with Crippen molar-refractivity contribution in [1.29, 1.82) is 0 Å². The number of benzene rings is 1. The molecule has 0 atom stereocenters. The van der Waals surface area contributed by atoms with E-state index in [1.165, 1.54) is 22.9 Å². The Kier molecular flexibility index (Phi) is 3.47. The number of halogens is 3. The monoisotopic (exact) mass is 315 g/mol. The van der Waals surface area contributed by atoms with Gasteiger partial charge in [0.15, 0.2) is 0 Å². The van der Waals surface area contributed by atoms with Crippen molar-refractivity contribution in [2.75, 3.05) is 0 Å². The topological polar surface area (TPSA) is 42.2 Å². The Hall–Kier alpha value is -1.69. The Morgan fingerprint density at radius 2 is 1.94 bits per heavy atom. The van der Waals surface area contributed by atoms with Crippen LogP contribution in [-0.2, 0) is 6.54 Å². The van der Waals surface area contributed by atoms with Crippen molar-refractivity contribution in [3.63, 3.8) is 0 Å². The van der Waals surface area contributed by atoms with Gasteiger partial charge in [0.05, 0.1) is 16.7 Å². The lowest BCUT2D eigenvalue weighted by Crippen LogP contribution is -2.04. The van der Waals surface area contributed by atoms with E-state index >= 15 is 0 Å². The zero-order valence-corrected chi connectivity index (χ0v) is 10.6. The van der Waals surface area contributed by atoms with Crippen molar-refractivity contribution in [2.45, 2.75) is 6.54 Å². The number of carboxylic acids is 1. The maximum atomic E-state index is 13.4. The van der Waals surface area contributed by atoms with Gasteiger partial charge in [-0.2, -0.15) is 0 Å². The van der Waals surface area contributed by atoms with Crippen molar-refractivity contribution in [3.05, 3.63) is 57.8 Å². The third-order valence-electron chi connectivity index (χ3n) is 2.48. The summed E-state index contributed by atoms with van der Waals surface area (Å²) in [7, 11) is 0. The van der Waals surface area contributed by atoms with Gasteiger partial charge in [-0.1, -0.05) is 6.07 Å². The van der Waals surface area contributed by atoms with E-state index in [4.69, 9.17) is 5.11 Å². The van der Waals surface area contributed by atoms with Gasteiger partial charge in [-0.05, 0) is 34.1 Å². The second kappa shape index (κ2) is 4.89. The van der Waals surface area contributed by atoms with Gasteiger partial charge in [0, 0.05) is 11.8 Å². The Morgan fingerprint density at radius 3 is 2.44 bits per heavy atom. The smallest absolute Gasteiger partial charge is 0.337 e. The standard InChI is InChI=1S/C12H8BrF2NO2/c13-11-4-7(12(17)18)5-16(11)6-8-9(14)2-1-3-10(8)15/h1-5H,6H2,(H,17,18). The molecule has 0 fully saturated rings. The molecule has 1 aromatic carbocycles. The molecule has 18 heavy (non-hydrogen) atoms. The first-order chi connectivity index (χ1) is 8.49. The normalized spacial score (nSPS) is 10.6. The van der Waals surface area contributed by atoms with Crippen molar-refractivity contribution in [1.82, 2.24) is 4.57 Å². The van der Waals surface area contributed by atoms with Gasteiger partial charge in [0.1, 0.15) is 11.6 Å². The minimum atomic E-state index is -1.09. The van der Waals surface area contributed by atoms with Crippen LogP contribution in [0, 0.1) is 11.6 Å². The van der Waals surface area contributed by atoms with E-state index in [-0.39, 0.29) is 17.7 Å². The second-order valence-electron chi connectivity index (χ2n) is 3.68. The lowest BCUT2D eigenvalue weighted by Gasteiger charge is -2.07. The number of rotatable bonds is 3. The summed E-state index contributed by atoms with van der Waals surface area (Å²) in [5, 5.41) is 8.82. The highest BCUT2D eigenvalue weighted by Crippen LogP contribution is 2.20. The van der Waals surface area contributed by atoms with Crippen molar-refractivity contribution < 1.29 is 18.7 Å². The van der Waals surface area contributed by atoms with Crippen LogP contribution >= 0.6 is 15.9 Å². The summed E-state index contributed by atoms with van der Waals surface area (Å²) in [4.78, 5) is 10.8. The summed E-state index contributed by atoms with van der Waals surface area (Å²) < 4.78 is 28.8. The zero-order chi connectivity index (χ0) is 13.3. The fraction of sp³-hybridized carbons (Fsp3) is 0.0833. The molecule has 0 aliphatic carbocycles. The van der Waals surface area contributed by atoms with Gasteiger partial charge in [-0.15, -0.1) is 0 Å². The summed E-state index contributed by atoms with van der Waals surface area (Å²) in [5.74, 6) is -2.41. The SMILES string of the molecule is O=C(O)c1cc(Br)n(Cc2c(F)cccc2F)c1. The average molecular weight is 316 g/mol. The van der Waals surface area contributed by atoms with Crippen molar-refractivity contribution >= 4 is 21.9 Å².